The number of amides is 1. The summed E-state index contributed by atoms with van der Waals surface area (Å²) >= 11 is 0. The molecule has 2 heterocycles. The van der Waals surface area contributed by atoms with Gasteiger partial charge in [-0.05, 0) is 12.8 Å². The van der Waals surface area contributed by atoms with Crippen LogP contribution in [0.1, 0.15) is 18.5 Å². The number of nitrogens with zero attached hydrogens (tertiary/aromatic N) is 1. The highest BCUT2D eigenvalue weighted by Crippen LogP contribution is 2.10. The molecule has 1 unspecified atom stereocenters. The van der Waals surface area contributed by atoms with Crippen molar-refractivity contribution in [3.63, 3.8) is 0 Å². The molecule has 0 aromatic carbocycles. The van der Waals surface area contributed by atoms with E-state index in [-0.39, 0.29) is 18.4 Å². The smallest absolute Gasteiger partial charge is 0.226 e. The van der Waals surface area contributed by atoms with E-state index in [1.54, 1.807) is 6.07 Å². The molecule has 1 aliphatic rings. The zero-order valence-corrected chi connectivity index (χ0v) is 8.44. The monoisotopic (exact) mass is 210 g/mol. The Kier molecular flexibility index (Phi) is 3.34. The summed E-state index contributed by atoms with van der Waals surface area (Å²) in [5, 5.41) is 6.49. The standard InChI is InChI=1S/C10H14N2O3/c13-10(6-8-3-5-15-12-8)11-7-9-2-1-4-14-9/h3,5,9H,1-2,4,6-7H2,(H,11,13). The molecule has 5 heteroatoms. The molecule has 15 heavy (non-hydrogen) atoms. The van der Waals surface area contributed by atoms with Crippen LogP contribution in [-0.4, -0.2) is 30.3 Å². The van der Waals surface area contributed by atoms with Crippen LogP contribution in [-0.2, 0) is 16.0 Å². The molecule has 1 aromatic rings. The molecule has 1 atom stereocenters. The second-order valence-corrected chi connectivity index (χ2v) is 3.61. The van der Waals surface area contributed by atoms with Crippen molar-refractivity contribution in [2.45, 2.75) is 25.4 Å². The van der Waals surface area contributed by atoms with Gasteiger partial charge in [0.2, 0.25) is 5.91 Å². The number of rotatable bonds is 4. The minimum absolute atomic E-state index is 0.0422. The molecule has 0 saturated carbocycles. The molecule has 1 amide bonds. The molecular formula is C10H14N2O3. The van der Waals surface area contributed by atoms with Gasteiger partial charge < -0.3 is 14.6 Å². The van der Waals surface area contributed by atoms with Gasteiger partial charge in [0.1, 0.15) is 6.26 Å². The summed E-state index contributed by atoms with van der Waals surface area (Å²) in [6.45, 7) is 1.40. The quantitative estimate of drug-likeness (QED) is 0.786. The van der Waals surface area contributed by atoms with Gasteiger partial charge in [0.05, 0.1) is 18.2 Å². The zero-order chi connectivity index (χ0) is 10.5. The molecule has 1 saturated heterocycles. The largest absolute Gasteiger partial charge is 0.376 e. The van der Waals surface area contributed by atoms with Crippen molar-refractivity contribution < 1.29 is 14.1 Å². The van der Waals surface area contributed by atoms with Crippen LogP contribution < -0.4 is 5.32 Å². The fourth-order valence-electron chi connectivity index (χ4n) is 1.59. The van der Waals surface area contributed by atoms with E-state index in [9.17, 15) is 4.79 Å². The summed E-state index contributed by atoms with van der Waals surface area (Å²) in [7, 11) is 0. The third-order valence-corrected chi connectivity index (χ3v) is 2.38. The van der Waals surface area contributed by atoms with Crippen molar-refractivity contribution in [1.82, 2.24) is 10.5 Å². The average Bonchev–Trinajstić information content (AvgIpc) is 2.86. The number of carbonyl (C=O) groups is 1. The Morgan fingerprint density at radius 3 is 3.27 bits per heavy atom. The van der Waals surface area contributed by atoms with Crippen molar-refractivity contribution in [2.24, 2.45) is 0 Å². The molecule has 0 bridgehead atoms. The number of ether oxygens (including phenoxy) is 1. The molecule has 5 nitrogen and oxygen atoms in total. The fraction of sp³-hybridized carbons (Fsp3) is 0.600. The number of aromatic nitrogens is 1. The third-order valence-electron chi connectivity index (χ3n) is 2.38. The molecular weight excluding hydrogens is 196 g/mol. The van der Waals surface area contributed by atoms with Crippen LogP contribution in [0.5, 0.6) is 0 Å². The summed E-state index contributed by atoms with van der Waals surface area (Å²) in [5.41, 5.74) is 0.653. The maximum atomic E-state index is 11.4. The van der Waals surface area contributed by atoms with Gasteiger partial charge in [-0.15, -0.1) is 0 Å². The Balaban J connectivity index is 1.68. The Bertz CT molecular complexity index is 304. The topological polar surface area (TPSA) is 64.4 Å². The SMILES string of the molecule is O=C(Cc1ccon1)NCC1CCCO1. The highest BCUT2D eigenvalue weighted by atomic mass is 16.5. The van der Waals surface area contributed by atoms with E-state index in [0.717, 1.165) is 19.4 Å². The van der Waals surface area contributed by atoms with E-state index >= 15 is 0 Å². The van der Waals surface area contributed by atoms with Crippen molar-refractivity contribution in [2.75, 3.05) is 13.2 Å². The van der Waals surface area contributed by atoms with Gasteiger partial charge in [0.25, 0.3) is 0 Å². The Morgan fingerprint density at radius 2 is 2.60 bits per heavy atom. The first-order valence-electron chi connectivity index (χ1n) is 5.12. The maximum Gasteiger partial charge on any atom is 0.226 e. The second-order valence-electron chi connectivity index (χ2n) is 3.61. The molecule has 1 aromatic heterocycles. The summed E-state index contributed by atoms with van der Waals surface area (Å²) in [6, 6.07) is 1.69. The summed E-state index contributed by atoms with van der Waals surface area (Å²) in [5.74, 6) is -0.0422. The predicted molar refractivity (Wildman–Crippen MR) is 52.2 cm³/mol. The Morgan fingerprint density at radius 1 is 1.67 bits per heavy atom. The molecule has 1 fully saturated rings. The van der Waals surface area contributed by atoms with Crippen molar-refractivity contribution in [1.29, 1.82) is 0 Å². The van der Waals surface area contributed by atoms with Crippen LogP contribution in [0.25, 0.3) is 0 Å². The molecule has 1 N–H and O–H groups in total. The Labute approximate surface area is 87.8 Å². The van der Waals surface area contributed by atoms with Crippen molar-refractivity contribution >= 4 is 5.91 Å². The van der Waals surface area contributed by atoms with Gasteiger partial charge in [-0.1, -0.05) is 5.16 Å². The van der Waals surface area contributed by atoms with Crippen LogP contribution in [0.3, 0.4) is 0 Å². The van der Waals surface area contributed by atoms with Gasteiger partial charge in [-0.2, -0.15) is 0 Å². The maximum absolute atomic E-state index is 11.4. The summed E-state index contributed by atoms with van der Waals surface area (Å²) < 4.78 is 10.0. The first-order valence-corrected chi connectivity index (χ1v) is 5.12. The molecule has 0 spiro atoms. The lowest BCUT2D eigenvalue weighted by atomic mass is 10.2. The molecule has 82 valence electrons. The molecule has 2 rings (SSSR count). The third kappa shape index (κ3) is 3.06. The molecule has 1 aliphatic heterocycles. The van der Waals surface area contributed by atoms with E-state index < -0.39 is 0 Å². The number of hydrogen-bond donors (Lipinski definition) is 1. The van der Waals surface area contributed by atoms with Crippen LogP contribution >= 0.6 is 0 Å². The molecule has 0 radical (unpaired) electrons. The van der Waals surface area contributed by atoms with Gasteiger partial charge in [-0.3, -0.25) is 4.79 Å². The van der Waals surface area contributed by atoms with Crippen LogP contribution in [0.4, 0.5) is 0 Å². The van der Waals surface area contributed by atoms with Crippen LogP contribution in [0, 0.1) is 0 Å². The Hall–Kier alpha value is -1.36. The predicted octanol–water partition coefficient (Wildman–Crippen LogP) is 0.512. The van der Waals surface area contributed by atoms with Crippen LogP contribution in [0.2, 0.25) is 0 Å². The first-order chi connectivity index (χ1) is 7.34. The lowest BCUT2D eigenvalue weighted by Crippen LogP contribution is -2.32. The normalized spacial score (nSPS) is 20.4. The zero-order valence-electron chi connectivity index (χ0n) is 8.44. The minimum Gasteiger partial charge on any atom is -0.376 e. The number of hydrogen-bond acceptors (Lipinski definition) is 4. The highest BCUT2D eigenvalue weighted by Gasteiger charge is 2.16. The van der Waals surface area contributed by atoms with Crippen molar-refractivity contribution in [3.05, 3.63) is 18.0 Å². The minimum atomic E-state index is -0.0422. The number of nitrogens with one attached hydrogen (secondary N) is 1. The lowest BCUT2D eigenvalue weighted by molar-refractivity contribution is -0.121. The fourth-order valence-corrected chi connectivity index (χ4v) is 1.59. The summed E-state index contributed by atoms with van der Waals surface area (Å²) in [6.07, 6.45) is 4.03. The van der Waals surface area contributed by atoms with Gasteiger partial charge in [0.15, 0.2) is 0 Å². The summed E-state index contributed by atoms with van der Waals surface area (Å²) in [4.78, 5) is 11.4. The lowest BCUT2D eigenvalue weighted by Gasteiger charge is -2.09. The van der Waals surface area contributed by atoms with E-state index in [0.29, 0.717) is 12.2 Å². The first kappa shape index (κ1) is 10.2. The average molecular weight is 210 g/mol. The van der Waals surface area contributed by atoms with E-state index in [1.165, 1.54) is 6.26 Å². The van der Waals surface area contributed by atoms with E-state index in [4.69, 9.17) is 4.74 Å². The number of carbonyl (C=O) groups excluding carboxylic acids is 1. The van der Waals surface area contributed by atoms with Crippen molar-refractivity contribution in [3.8, 4) is 0 Å². The van der Waals surface area contributed by atoms with Gasteiger partial charge >= 0.3 is 0 Å². The van der Waals surface area contributed by atoms with E-state index in [1.807, 2.05) is 0 Å². The second kappa shape index (κ2) is 4.93. The van der Waals surface area contributed by atoms with Crippen LogP contribution in [0.15, 0.2) is 16.9 Å². The molecule has 0 aliphatic carbocycles. The van der Waals surface area contributed by atoms with Gasteiger partial charge in [-0.25, -0.2) is 0 Å². The van der Waals surface area contributed by atoms with E-state index in [2.05, 4.69) is 15.0 Å². The highest BCUT2D eigenvalue weighted by molar-refractivity contribution is 5.78. The van der Waals surface area contributed by atoms with Gasteiger partial charge in [0, 0.05) is 19.2 Å².